The van der Waals surface area contributed by atoms with Gasteiger partial charge in [-0.1, -0.05) is 18.2 Å². The Labute approximate surface area is 146 Å². The maximum Gasteiger partial charge on any atom is 0.255 e. The Morgan fingerprint density at radius 1 is 1.32 bits per heavy atom. The minimum atomic E-state index is -0.582. The third-order valence-corrected chi connectivity index (χ3v) is 5.04. The van der Waals surface area contributed by atoms with Gasteiger partial charge < -0.3 is 16.0 Å². The highest BCUT2D eigenvalue weighted by molar-refractivity contribution is 6.05. The van der Waals surface area contributed by atoms with Crippen molar-refractivity contribution in [3.63, 3.8) is 0 Å². The van der Waals surface area contributed by atoms with Gasteiger partial charge in [-0.25, -0.2) is 0 Å². The fourth-order valence-electron chi connectivity index (χ4n) is 3.29. The van der Waals surface area contributed by atoms with Crippen LogP contribution in [0.2, 0.25) is 0 Å². The summed E-state index contributed by atoms with van der Waals surface area (Å²) in [6.45, 7) is 4.88. The quantitative estimate of drug-likeness (QED) is 0.665. The van der Waals surface area contributed by atoms with Crippen LogP contribution in [-0.2, 0) is 22.7 Å². The van der Waals surface area contributed by atoms with E-state index in [1.165, 1.54) is 0 Å². The monoisotopic (exact) mass is 344 g/mol. The molecular formula is C18H24N4O3. The van der Waals surface area contributed by atoms with Crippen LogP contribution < -0.4 is 16.4 Å². The Bertz CT molecular complexity index is 716. The molecule has 0 radical (unpaired) electrons. The van der Waals surface area contributed by atoms with Crippen LogP contribution in [0.1, 0.15) is 48.2 Å². The Hall–Kier alpha value is -2.25. The van der Waals surface area contributed by atoms with Gasteiger partial charge in [-0.15, -0.1) is 0 Å². The first-order valence-corrected chi connectivity index (χ1v) is 8.63. The van der Waals surface area contributed by atoms with Gasteiger partial charge in [-0.05, 0) is 31.4 Å². The van der Waals surface area contributed by atoms with Crippen LogP contribution in [0.5, 0.6) is 0 Å². The van der Waals surface area contributed by atoms with Crippen molar-refractivity contribution in [3.05, 3.63) is 34.9 Å². The number of imide groups is 1. The van der Waals surface area contributed by atoms with Gasteiger partial charge in [-0.3, -0.25) is 19.7 Å². The molecule has 0 aliphatic carbocycles. The number of nitrogens with two attached hydrogens (primary N) is 1. The molecule has 0 bridgehead atoms. The van der Waals surface area contributed by atoms with Crippen molar-refractivity contribution in [1.82, 2.24) is 15.5 Å². The van der Waals surface area contributed by atoms with Crippen molar-refractivity contribution >= 4 is 17.7 Å². The molecule has 1 aromatic carbocycles. The summed E-state index contributed by atoms with van der Waals surface area (Å²) in [5, 5.41) is 5.66. The van der Waals surface area contributed by atoms with E-state index in [1.807, 2.05) is 32.0 Å². The molecule has 2 aliphatic heterocycles. The zero-order valence-electron chi connectivity index (χ0n) is 14.5. The van der Waals surface area contributed by atoms with E-state index in [0.717, 1.165) is 11.1 Å². The molecule has 2 aliphatic rings. The maximum absolute atomic E-state index is 12.9. The van der Waals surface area contributed by atoms with Crippen LogP contribution in [0.15, 0.2) is 18.2 Å². The highest BCUT2D eigenvalue weighted by atomic mass is 16.2. The van der Waals surface area contributed by atoms with Crippen molar-refractivity contribution in [2.24, 2.45) is 5.73 Å². The predicted octanol–water partition coefficient (Wildman–Crippen LogP) is 0.273. The normalized spacial score (nSPS) is 22.6. The predicted molar refractivity (Wildman–Crippen MR) is 92.4 cm³/mol. The molecule has 25 heavy (non-hydrogen) atoms. The lowest BCUT2D eigenvalue weighted by atomic mass is 10.0. The van der Waals surface area contributed by atoms with Crippen molar-refractivity contribution < 1.29 is 14.4 Å². The number of carbonyl (C=O) groups is 3. The molecule has 3 rings (SSSR count). The average molecular weight is 344 g/mol. The molecule has 3 atom stereocenters. The molecule has 1 fully saturated rings. The summed E-state index contributed by atoms with van der Waals surface area (Å²) < 4.78 is 0. The second-order valence-corrected chi connectivity index (χ2v) is 6.88. The largest absolute Gasteiger partial charge is 0.327 e. The molecule has 3 amide bonds. The van der Waals surface area contributed by atoms with Crippen LogP contribution in [0, 0.1) is 0 Å². The summed E-state index contributed by atoms with van der Waals surface area (Å²) in [5.41, 5.74) is 8.37. The number of fused-ring (bicyclic) bond motifs is 1. The van der Waals surface area contributed by atoms with Gasteiger partial charge in [-0.2, -0.15) is 0 Å². The second kappa shape index (κ2) is 6.93. The number of amides is 3. The first-order chi connectivity index (χ1) is 11.9. The highest BCUT2D eigenvalue weighted by Crippen LogP contribution is 2.29. The molecule has 2 heterocycles. The highest BCUT2D eigenvalue weighted by Gasteiger charge is 2.39. The van der Waals surface area contributed by atoms with E-state index in [0.29, 0.717) is 25.1 Å². The van der Waals surface area contributed by atoms with E-state index < -0.39 is 6.04 Å². The summed E-state index contributed by atoms with van der Waals surface area (Å²) in [5.74, 6) is -0.807. The lowest BCUT2D eigenvalue weighted by molar-refractivity contribution is -0.136. The Morgan fingerprint density at radius 3 is 2.76 bits per heavy atom. The zero-order chi connectivity index (χ0) is 18.1. The molecule has 1 aromatic rings. The standard InChI is InChI=1S/C18H24N4O3/c1-10(19)11(2)20-8-12-4-3-5-13-9-22(18(25)16(12)13)14-6-7-15(23)21-17(14)24/h3-5,10-11,14,20H,6-9,19H2,1-2H3,(H,21,23,24). The van der Waals surface area contributed by atoms with E-state index >= 15 is 0 Å². The van der Waals surface area contributed by atoms with Gasteiger partial charge in [0.15, 0.2) is 0 Å². The fraction of sp³-hybridized carbons (Fsp3) is 0.500. The van der Waals surface area contributed by atoms with E-state index in [1.54, 1.807) is 4.90 Å². The van der Waals surface area contributed by atoms with Gasteiger partial charge in [0, 0.05) is 37.2 Å². The van der Waals surface area contributed by atoms with Crippen LogP contribution >= 0.6 is 0 Å². The molecule has 134 valence electrons. The van der Waals surface area contributed by atoms with E-state index in [4.69, 9.17) is 5.73 Å². The lowest BCUT2D eigenvalue weighted by Crippen LogP contribution is -2.52. The molecule has 0 spiro atoms. The van der Waals surface area contributed by atoms with Gasteiger partial charge in [0.05, 0.1) is 0 Å². The molecule has 0 aromatic heterocycles. The molecule has 7 heteroatoms. The first kappa shape index (κ1) is 17.6. The minimum Gasteiger partial charge on any atom is -0.327 e. The SMILES string of the molecule is CC(N)C(C)NCc1cccc2c1C(=O)N(C1CCC(=O)NC1=O)C2. The van der Waals surface area contributed by atoms with E-state index in [2.05, 4.69) is 10.6 Å². The Morgan fingerprint density at radius 2 is 2.08 bits per heavy atom. The second-order valence-electron chi connectivity index (χ2n) is 6.88. The maximum atomic E-state index is 12.9. The van der Waals surface area contributed by atoms with Crippen molar-refractivity contribution in [3.8, 4) is 0 Å². The number of nitrogens with one attached hydrogen (secondary N) is 2. The molecule has 0 saturated carbocycles. The summed E-state index contributed by atoms with van der Waals surface area (Å²) in [6.07, 6.45) is 0.635. The number of nitrogens with zero attached hydrogens (tertiary/aromatic N) is 1. The topological polar surface area (TPSA) is 105 Å². The van der Waals surface area contributed by atoms with Crippen molar-refractivity contribution in [2.75, 3.05) is 0 Å². The molecule has 4 N–H and O–H groups in total. The smallest absolute Gasteiger partial charge is 0.255 e. The van der Waals surface area contributed by atoms with Crippen LogP contribution in [0.4, 0.5) is 0 Å². The number of piperidine rings is 1. The molecular weight excluding hydrogens is 320 g/mol. The number of benzene rings is 1. The Balaban J connectivity index is 1.78. The third kappa shape index (κ3) is 3.43. The van der Waals surface area contributed by atoms with Gasteiger partial charge in [0.2, 0.25) is 11.8 Å². The number of rotatable bonds is 5. The third-order valence-electron chi connectivity index (χ3n) is 5.04. The van der Waals surface area contributed by atoms with Gasteiger partial charge in [0.1, 0.15) is 6.04 Å². The van der Waals surface area contributed by atoms with E-state index in [-0.39, 0.29) is 36.2 Å². The van der Waals surface area contributed by atoms with Crippen molar-refractivity contribution in [1.29, 1.82) is 0 Å². The summed E-state index contributed by atoms with van der Waals surface area (Å²) >= 11 is 0. The van der Waals surface area contributed by atoms with Gasteiger partial charge in [0.25, 0.3) is 5.91 Å². The number of hydrogen-bond donors (Lipinski definition) is 3. The molecule has 7 nitrogen and oxygen atoms in total. The number of hydrogen-bond acceptors (Lipinski definition) is 5. The zero-order valence-corrected chi connectivity index (χ0v) is 14.5. The minimum absolute atomic E-state index is 0.00688. The molecule has 1 saturated heterocycles. The van der Waals surface area contributed by atoms with Crippen LogP contribution in [0.3, 0.4) is 0 Å². The number of carbonyl (C=O) groups excluding carboxylic acids is 3. The molecule has 3 unspecified atom stereocenters. The fourth-order valence-corrected chi connectivity index (χ4v) is 3.29. The summed E-state index contributed by atoms with van der Waals surface area (Å²) in [7, 11) is 0. The summed E-state index contributed by atoms with van der Waals surface area (Å²) in [4.78, 5) is 38.0. The summed E-state index contributed by atoms with van der Waals surface area (Å²) in [6, 6.07) is 5.31. The van der Waals surface area contributed by atoms with E-state index in [9.17, 15) is 14.4 Å². The first-order valence-electron chi connectivity index (χ1n) is 8.63. The van der Waals surface area contributed by atoms with Crippen LogP contribution in [-0.4, -0.2) is 40.7 Å². The Kier molecular flexibility index (Phi) is 4.87. The van der Waals surface area contributed by atoms with Crippen molar-refractivity contribution in [2.45, 2.75) is 57.9 Å². The van der Waals surface area contributed by atoms with Crippen LogP contribution in [0.25, 0.3) is 0 Å². The average Bonchev–Trinajstić information content (AvgIpc) is 2.90. The lowest BCUT2D eigenvalue weighted by Gasteiger charge is -2.29. The van der Waals surface area contributed by atoms with Gasteiger partial charge >= 0.3 is 0 Å².